The first kappa shape index (κ1) is 13.4. The minimum Gasteiger partial charge on any atom is -0.440 e. The highest BCUT2D eigenvalue weighted by Gasteiger charge is 2.26. The predicted molar refractivity (Wildman–Crippen MR) is 86.8 cm³/mol. The van der Waals surface area contributed by atoms with Crippen molar-refractivity contribution in [2.75, 3.05) is 18.0 Å². The first-order valence-corrected chi connectivity index (χ1v) is 8.03. The van der Waals surface area contributed by atoms with Crippen LogP contribution in [0.3, 0.4) is 0 Å². The summed E-state index contributed by atoms with van der Waals surface area (Å²) in [7, 11) is 0. The molecule has 0 N–H and O–H groups in total. The lowest BCUT2D eigenvalue weighted by atomic mass is 9.98. The second kappa shape index (κ2) is 5.26. The van der Waals surface area contributed by atoms with E-state index in [9.17, 15) is 0 Å². The van der Waals surface area contributed by atoms with Crippen molar-refractivity contribution in [3.63, 3.8) is 0 Å². The molecule has 1 fully saturated rings. The van der Waals surface area contributed by atoms with Crippen LogP contribution in [0.1, 0.15) is 24.7 Å². The zero-order valence-corrected chi connectivity index (χ0v) is 12.9. The Labute approximate surface area is 137 Å². The summed E-state index contributed by atoms with van der Waals surface area (Å²) in [5.41, 5.74) is 2.40. The summed E-state index contributed by atoms with van der Waals surface area (Å²) in [6.45, 7) is 1.78. The lowest BCUT2D eigenvalue weighted by molar-refractivity contribution is 0.411. The van der Waals surface area contributed by atoms with Gasteiger partial charge in [0.25, 0.3) is 0 Å². The van der Waals surface area contributed by atoms with Gasteiger partial charge in [0, 0.05) is 13.1 Å². The minimum absolute atomic E-state index is 0.262. The molecule has 0 unspecified atom stereocenters. The van der Waals surface area contributed by atoms with Crippen LogP contribution in [0.4, 0.5) is 5.82 Å². The van der Waals surface area contributed by atoms with Gasteiger partial charge in [0.2, 0.25) is 0 Å². The molecule has 0 bridgehead atoms. The number of hydrogen-bond acceptors (Lipinski definition) is 7. The van der Waals surface area contributed by atoms with E-state index < -0.39 is 0 Å². The summed E-state index contributed by atoms with van der Waals surface area (Å²) in [4.78, 5) is 6.90. The molecule has 24 heavy (non-hydrogen) atoms. The molecule has 1 atom stereocenters. The van der Waals surface area contributed by atoms with Crippen molar-refractivity contribution in [3.8, 4) is 0 Å². The second-order valence-corrected chi connectivity index (χ2v) is 6.02. The van der Waals surface area contributed by atoms with Crippen molar-refractivity contribution in [1.82, 2.24) is 30.2 Å². The molecule has 0 saturated carbocycles. The van der Waals surface area contributed by atoms with E-state index in [1.165, 1.54) is 4.63 Å². The molecule has 0 amide bonds. The Bertz CT molecular complexity index is 967. The molecular weight excluding hydrogens is 306 g/mol. The van der Waals surface area contributed by atoms with Crippen molar-refractivity contribution < 1.29 is 4.42 Å². The Hall–Kier alpha value is -3.03. The number of tetrazole rings is 1. The summed E-state index contributed by atoms with van der Waals surface area (Å²) >= 11 is 0. The highest BCUT2D eigenvalue weighted by atomic mass is 16.3. The summed E-state index contributed by atoms with van der Waals surface area (Å²) < 4.78 is 7.41. The van der Waals surface area contributed by atoms with Gasteiger partial charge >= 0.3 is 0 Å². The van der Waals surface area contributed by atoms with E-state index >= 15 is 0 Å². The molecule has 8 heteroatoms. The zero-order valence-electron chi connectivity index (χ0n) is 12.9. The highest BCUT2D eigenvalue weighted by Crippen LogP contribution is 2.30. The van der Waals surface area contributed by atoms with E-state index in [0.29, 0.717) is 5.65 Å². The van der Waals surface area contributed by atoms with Gasteiger partial charge in [-0.25, -0.2) is 4.98 Å². The number of oxazole rings is 1. The molecule has 0 radical (unpaired) electrons. The minimum atomic E-state index is 0.262. The predicted octanol–water partition coefficient (Wildman–Crippen LogP) is 2.04. The largest absolute Gasteiger partial charge is 0.440 e. The molecule has 4 heterocycles. The molecule has 1 aromatic carbocycles. The molecule has 1 saturated heterocycles. The van der Waals surface area contributed by atoms with E-state index in [4.69, 9.17) is 4.42 Å². The molecule has 5 rings (SSSR count). The molecule has 1 aliphatic heterocycles. The normalized spacial score (nSPS) is 18.5. The van der Waals surface area contributed by atoms with E-state index in [1.807, 2.05) is 36.4 Å². The van der Waals surface area contributed by atoms with Gasteiger partial charge in [-0.1, -0.05) is 12.1 Å². The average Bonchev–Trinajstić information content (AvgIpc) is 3.27. The van der Waals surface area contributed by atoms with Gasteiger partial charge in [0.05, 0.1) is 5.92 Å². The average molecular weight is 321 g/mol. The van der Waals surface area contributed by atoms with Crippen molar-refractivity contribution >= 4 is 22.6 Å². The van der Waals surface area contributed by atoms with Crippen molar-refractivity contribution in [2.24, 2.45) is 0 Å². The van der Waals surface area contributed by atoms with Crippen LogP contribution in [0.2, 0.25) is 0 Å². The maximum atomic E-state index is 5.95. The number of para-hydroxylation sites is 2. The Morgan fingerprint density at radius 2 is 2.08 bits per heavy atom. The fourth-order valence-corrected chi connectivity index (χ4v) is 3.26. The fraction of sp³-hybridized carbons (Fsp3) is 0.312. The fourth-order valence-electron chi connectivity index (χ4n) is 3.26. The number of aromatic nitrogens is 6. The first-order valence-electron chi connectivity index (χ1n) is 8.03. The Morgan fingerprint density at radius 3 is 3.04 bits per heavy atom. The number of anilines is 1. The Balaban J connectivity index is 1.44. The number of nitrogens with zero attached hydrogens (tertiary/aromatic N) is 7. The summed E-state index contributed by atoms with van der Waals surface area (Å²) in [5, 5.41) is 15.9. The smallest absolute Gasteiger partial charge is 0.200 e. The lowest BCUT2D eigenvalue weighted by Crippen LogP contribution is -2.35. The van der Waals surface area contributed by atoms with Crippen LogP contribution in [0, 0.1) is 0 Å². The van der Waals surface area contributed by atoms with Gasteiger partial charge in [0.1, 0.15) is 5.52 Å². The SMILES string of the molecule is c1ccc2oc([C@@H]3CCCN(c4ccc5nnnn5n4)C3)nc2c1. The van der Waals surface area contributed by atoms with Crippen LogP contribution >= 0.6 is 0 Å². The van der Waals surface area contributed by atoms with E-state index in [0.717, 1.165) is 48.7 Å². The molecule has 1 aliphatic rings. The first-order chi connectivity index (χ1) is 11.9. The van der Waals surface area contributed by atoms with Crippen molar-refractivity contribution in [2.45, 2.75) is 18.8 Å². The van der Waals surface area contributed by atoms with Crippen molar-refractivity contribution in [1.29, 1.82) is 0 Å². The monoisotopic (exact) mass is 321 g/mol. The summed E-state index contributed by atoms with van der Waals surface area (Å²) in [6, 6.07) is 11.7. The van der Waals surface area contributed by atoms with Crippen LogP contribution in [0.25, 0.3) is 16.7 Å². The van der Waals surface area contributed by atoms with Crippen molar-refractivity contribution in [3.05, 3.63) is 42.3 Å². The molecule has 4 aromatic rings. The third-order valence-corrected chi connectivity index (χ3v) is 4.46. The van der Waals surface area contributed by atoms with Gasteiger partial charge in [-0.3, -0.25) is 0 Å². The molecule has 3 aromatic heterocycles. The van der Waals surface area contributed by atoms with E-state index in [-0.39, 0.29) is 5.92 Å². The second-order valence-electron chi connectivity index (χ2n) is 6.02. The molecular formula is C16H15N7O. The van der Waals surface area contributed by atoms with Gasteiger partial charge in [-0.2, -0.15) is 0 Å². The molecule has 120 valence electrons. The lowest BCUT2D eigenvalue weighted by Gasteiger charge is -2.31. The van der Waals surface area contributed by atoms with E-state index in [2.05, 4.69) is 30.5 Å². The topological polar surface area (TPSA) is 85.2 Å². The van der Waals surface area contributed by atoms with Gasteiger partial charge in [0.15, 0.2) is 22.9 Å². The standard InChI is InChI=1S/C16H15N7O/c1-2-6-13-12(5-1)17-16(24-13)11-4-3-9-22(10-11)15-8-7-14-18-20-21-23(14)19-15/h1-2,5-8,11H,3-4,9-10H2/t11-/m1/s1. The molecule has 0 spiro atoms. The van der Waals surface area contributed by atoms with Crippen LogP contribution in [-0.2, 0) is 0 Å². The number of piperidine rings is 1. The van der Waals surface area contributed by atoms with E-state index in [1.54, 1.807) is 0 Å². The van der Waals surface area contributed by atoms with Crippen LogP contribution in [0.5, 0.6) is 0 Å². The number of rotatable bonds is 2. The third kappa shape index (κ3) is 2.18. The number of fused-ring (bicyclic) bond motifs is 2. The maximum Gasteiger partial charge on any atom is 0.200 e. The quantitative estimate of drug-likeness (QED) is 0.558. The number of benzene rings is 1. The van der Waals surface area contributed by atoms with Gasteiger partial charge in [-0.15, -0.1) is 14.8 Å². The Kier molecular flexibility index (Phi) is 2.94. The van der Waals surface area contributed by atoms with Crippen LogP contribution in [0.15, 0.2) is 40.8 Å². The summed E-state index contributed by atoms with van der Waals surface area (Å²) in [6.07, 6.45) is 2.13. The van der Waals surface area contributed by atoms with Crippen LogP contribution < -0.4 is 4.90 Å². The maximum absolute atomic E-state index is 5.95. The Morgan fingerprint density at radius 1 is 1.12 bits per heavy atom. The zero-order chi connectivity index (χ0) is 15.9. The number of hydrogen-bond donors (Lipinski definition) is 0. The molecule has 0 aliphatic carbocycles. The van der Waals surface area contributed by atoms with Gasteiger partial charge in [-0.05, 0) is 47.5 Å². The summed E-state index contributed by atoms with van der Waals surface area (Å²) in [5.74, 6) is 1.94. The molecule has 8 nitrogen and oxygen atoms in total. The van der Waals surface area contributed by atoms with Crippen LogP contribution in [-0.4, -0.2) is 43.3 Å². The third-order valence-electron chi connectivity index (χ3n) is 4.46. The van der Waals surface area contributed by atoms with Gasteiger partial charge < -0.3 is 9.32 Å². The highest BCUT2D eigenvalue weighted by molar-refractivity contribution is 5.72.